The molecule has 0 saturated heterocycles. The van der Waals surface area contributed by atoms with Crippen molar-refractivity contribution >= 4 is 11.3 Å². The first kappa shape index (κ1) is 12.6. The van der Waals surface area contributed by atoms with Crippen molar-refractivity contribution in [3.05, 3.63) is 15.6 Å². The van der Waals surface area contributed by atoms with Crippen LogP contribution >= 0.6 is 11.3 Å². The Hall–Kier alpha value is -0.410. The molecule has 1 N–H and O–H groups in total. The third kappa shape index (κ3) is 2.35. The molecule has 1 saturated carbocycles. The lowest BCUT2D eigenvalue weighted by molar-refractivity contribution is 0.520. The minimum Gasteiger partial charge on any atom is -0.319 e. The monoisotopic (exact) mass is 264 g/mol. The Morgan fingerprint density at radius 3 is 2.94 bits per heavy atom. The zero-order valence-corrected chi connectivity index (χ0v) is 12.4. The van der Waals surface area contributed by atoms with Crippen LogP contribution in [0.2, 0.25) is 0 Å². The zero-order chi connectivity index (χ0) is 12.5. The van der Waals surface area contributed by atoms with Crippen LogP contribution in [0, 0.1) is 5.92 Å². The summed E-state index contributed by atoms with van der Waals surface area (Å²) in [5.74, 6) is 2.34. The fourth-order valence-corrected chi connectivity index (χ4v) is 4.92. The molecular weight excluding hydrogens is 240 g/mol. The van der Waals surface area contributed by atoms with Crippen molar-refractivity contribution in [3.63, 3.8) is 0 Å². The van der Waals surface area contributed by atoms with E-state index in [1.165, 1.54) is 49.2 Å². The fourth-order valence-electron chi connectivity index (χ4n) is 3.58. The molecular formula is C15H24N2S. The lowest BCUT2D eigenvalue weighted by Crippen LogP contribution is -2.21. The molecule has 3 unspecified atom stereocenters. The largest absolute Gasteiger partial charge is 0.319 e. The summed E-state index contributed by atoms with van der Waals surface area (Å²) in [6.45, 7) is 3.48. The van der Waals surface area contributed by atoms with Crippen LogP contribution in [0.4, 0.5) is 0 Å². The highest BCUT2D eigenvalue weighted by atomic mass is 32.1. The van der Waals surface area contributed by atoms with Gasteiger partial charge in [-0.2, -0.15) is 0 Å². The molecule has 100 valence electrons. The van der Waals surface area contributed by atoms with Crippen molar-refractivity contribution in [1.29, 1.82) is 0 Å². The molecule has 0 spiro atoms. The molecule has 18 heavy (non-hydrogen) atoms. The van der Waals surface area contributed by atoms with Crippen LogP contribution in [-0.4, -0.2) is 18.6 Å². The molecule has 0 aromatic carbocycles. The van der Waals surface area contributed by atoms with E-state index in [1.807, 2.05) is 11.3 Å². The van der Waals surface area contributed by atoms with Crippen molar-refractivity contribution in [3.8, 4) is 0 Å². The van der Waals surface area contributed by atoms with Crippen LogP contribution in [0.5, 0.6) is 0 Å². The second-order valence-electron chi connectivity index (χ2n) is 6.12. The molecule has 1 aromatic heterocycles. The van der Waals surface area contributed by atoms with Crippen LogP contribution < -0.4 is 5.32 Å². The van der Waals surface area contributed by atoms with Crippen molar-refractivity contribution in [2.45, 2.75) is 57.3 Å². The average molecular weight is 264 g/mol. The summed E-state index contributed by atoms with van der Waals surface area (Å²) in [6, 6.07) is 0. The van der Waals surface area contributed by atoms with Gasteiger partial charge < -0.3 is 5.32 Å². The molecule has 3 heteroatoms. The molecule has 1 heterocycles. The second-order valence-corrected chi connectivity index (χ2v) is 7.24. The van der Waals surface area contributed by atoms with Gasteiger partial charge in [-0.1, -0.05) is 13.3 Å². The summed E-state index contributed by atoms with van der Waals surface area (Å²) in [7, 11) is 2.06. The topological polar surface area (TPSA) is 24.9 Å². The van der Waals surface area contributed by atoms with E-state index in [2.05, 4.69) is 19.3 Å². The lowest BCUT2D eigenvalue weighted by atomic mass is 9.91. The molecule has 3 rings (SSSR count). The van der Waals surface area contributed by atoms with E-state index in [-0.39, 0.29) is 0 Å². The van der Waals surface area contributed by atoms with E-state index in [0.717, 1.165) is 18.4 Å². The van der Waals surface area contributed by atoms with E-state index in [4.69, 9.17) is 4.98 Å². The highest BCUT2D eigenvalue weighted by Crippen LogP contribution is 2.43. The summed E-state index contributed by atoms with van der Waals surface area (Å²) in [6.07, 6.45) is 8.07. The van der Waals surface area contributed by atoms with Crippen molar-refractivity contribution in [2.75, 3.05) is 13.6 Å². The number of likely N-dealkylation sites (N-methyl/N-ethyl adjacent to an activating group) is 1. The predicted molar refractivity (Wildman–Crippen MR) is 77.5 cm³/mol. The van der Waals surface area contributed by atoms with Gasteiger partial charge in [0, 0.05) is 23.3 Å². The summed E-state index contributed by atoms with van der Waals surface area (Å²) < 4.78 is 0. The Kier molecular flexibility index (Phi) is 3.71. The van der Waals surface area contributed by atoms with Gasteiger partial charge in [-0.3, -0.25) is 0 Å². The second kappa shape index (κ2) is 5.30. The van der Waals surface area contributed by atoms with E-state index in [9.17, 15) is 0 Å². The third-order valence-electron chi connectivity index (χ3n) is 4.58. The predicted octanol–water partition coefficient (Wildman–Crippen LogP) is 3.69. The fraction of sp³-hybridized carbons (Fsp3) is 0.800. The summed E-state index contributed by atoms with van der Waals surface area (Å²) in [4.78, 5) is 6.64. The molecule has 2 nitrogen and oxygen atoms in total. The SMILES string of the molecule is CNCC1CCCc2sc(C3CCC(C)C3)nc21. The Balaban J connectivity index is 1.82. The summed E-state index contributed by atoms with van der Waals surface area (Å²) >= 11 is 2.03. The van der Waals surface area contributed by atoms with Crippen LogP contribution in [0.1, 0.15) is 66.4 Å². The minimum absolute atomic E-state index is 0.669. The number of hydrogen-bond donors (Lipinski definition) is 1. The molecule has 2 aliphatic carbocycles. The number of nitrogens with one attached hydrogen (secondary N) is 1. The first-order valence-electron chi connectivity index (χ1n) is 7.42. The molecule has 3 atom stereocenters. The van der Waals surface area contributed by atoms with Gasteiger partial charge in [0.1, 0.15) is 0 Å². The van der Waals surface area contributed by atoms with E-state index in [1.54, 1.807) is 4.88 Å². The molecule has 0 bridgehead atoms. The Morgan fingerprint density at radius 1 is 1.33 bits per heavy atom. The van der Waals surface area contributed by atoms with Crippen molar-refractivity contribution < 1.29 is 0 Å². The van der Waals surface area contributed by atoms with Crippen LogP contribution in [0.3, 0.4) is 0 Å². The van der Waals surface area contributed by atoms with Gasteiger partial charge >= 0.3 is 0 Å². The van der Waals surface area contributed by atoms with E-state index < -0.39 is 0 Å². The lowest BCUT2D eigenvalue weighted by Gasteiger charge is -2.20. The summed E-state index contributed by atoms with van der Waals surface area (Å²) in [5.41, 5.74) is 1.44. The standard InChI is InChI=1S/C15H24N2S/c1-10-6-7-11(8-10)15-17-14-12(9-16-2)4-3-5-13(14)18-15/h10-12,16H,3-9H2,1-2H3. The maximum Gasteiger partial charge on any atom is 0.0962 e. The number of nitrogens with zero attached hydrogens (tertiary/aromatic N) is 1. The first-order valence-corrected chi connectivity index (χ1v) is 8.23. The summed E-state index contributed by atoms with van der Waals surface area (Å²) in [5, 5.41) is 4.78. The molecule has 1 aromatic rings. The van der Waals surface area contributed by atoms with E-state index in [0.29, 0.717) is 5.92 Å². The molecule has 0 aliphatic heterocycles. The molecule has 1 fully saturated rings. The maximum absolute atomic E-state index is 5.05. The molecule has 0 amide bonds. The van der Waals surface area contributed by atoms with Gasteiger partial charge in [0.25, 0.3) is 0 Å². The zero-order valence-electron chi connectivity index (χ0n) is 11.5. The van der Waals surface area contributed by atoms with E-state index >= 15 is 0 Å². The third-order valence-corrected chi connectivity index (χ3v) is 5.88. The number of aromatic nitrogens is 1. The molecule has 2 aliphatic rings. The normalized spacial score (nSPS) is 31.6. The van der Waals surface area contributed by atoms with Gasteiger partial charge in [-0.25, -0.2) is 4.98 Å². The van der Waals surface area contributed by atoms with Crippen LogP contribution in [-0.2, 0) is 6.42 Å². The number of aryl methyl sites for hydroxylation is 1. The number of fused-ring (bicyclic) bond motifs is 1. The molecule has 0 radical (unpaired) electrons. The minimum atomic E-state index is 0.669. The highest BCUT2D eigenvalue weighted by molar-refractivity contribution is 7.11. The first-order chi connectivity index (χ1) is 8.78. The van der Waals surface area contributed by atoms with Gasteiger partial charge in [0.15, 0.2) is 0 Å². The maximum atomic E-state index is 5.05. The number of thiazole rings is 1. The average Bonchev–Trinajstić information content (AvgIpc) is 2.95. The number of rotatable bonds is 3. The quantitative estimate of drug-likeness (QED) is 0.900. The Labute approximate surface area is 114 Å². The van der Waals surface area contributed by atoms with Crippen molar-refractivity contribution in [2.24, 2.45) is 5.92 Å². The smallest absolute Gasteiger partial charge is 0.0962 e. The van der Waals surface area contributed by atoms with Gasteiger partial charge in [0.2, 0.25) is 0 Å². The van der Waals surface area contributed by atoms with Gasteiger partial charge in [-0.15, -0.1) is 11.3 Å². The van der Waals surface area contributed by atoms with Gasteiger partial charge in [0.05, 0.1) is 10.7 Å². The van der Waals surface area contributed by atoms with Gasteiger partial charge in [-0.05, 0) is 45.1 Å². The Bertz CT molecular complexity index is 413. The highest BCUT2D eigenvalue weighted by Gasteiger charge is 2.29. The van der Waals surface area contributed by atoms with Crippen molar-refractivity contribution in [1.82, 2.24) is 10.3 Å². The number of hydrogen-bond acceptors (Lipinski definition) is 3. The Morgan fingerprint density at radius 2 is 2.22 bits per heavy atom. The van der Waals surface area contributed by atoms with Crippen LogP contribution in [0.25, 0.3) is 0 Å². The van der Waals surface area contributed by atoms with Crippen LogP contribution in [0.15, 0.2) is 0 Å².